The van der Waals surface area contributed by atoms with E-state index in [-0.39, 0.29) is 63.6 Å². The summed E-state index contributed by atoms with van der Waals surface area (Å²) >= 11 is 0. The van der Waals surface area contributed by atoms with Crippen molar-refractivity contribution in [3.63, 3.8) is 0 Å². The predicted octanol–water partition coefficient (Wildman–Crippen LogP) is 7.19. The predicted molar refractivity (Wildman–Crippen MR) is 166 cm³/mol. The maximum absolute atomic E-state index is 12.6. The van der Waals surface area contributed by atoms with Gasteiger partial charge in [0.25, 0.3) is 0 Å². The Kier molecular flexibility index (Phi) is 9.33. The highest BCUT2D eigenvalue weighted by Crippen LogP contribution is 2.76. The second-order valence-electron chi connectivity index (χ2n) is 16.2. The van der Waals surface area contributed by atoms with Crippen LogP contribution in [0.4, 0.5) is 0 Å². The lowest BCUT2D eigenvalue weighted by Gasteiger charge is -2.71. The third-order valence-electron chi connectivity index (χ3n) is 13.3. The van der Waals surface area contributed by atoms with Crippen LogP contribution in [-0.4, -0.2) is 47.4 Å². The standard InChI is InChI=1S/C36H58O7/c1-22(21-41-23(2)37)12-11-17-36(10,40)27-15-19-34(8)26(27)13-14-29-33(7)18-16-30(43-25(4)39)32(5,6)31(33)28(42-24(3)38)20-35(29,34)9/h12,26-31,40H,11,13-21H2,1-10H3/b22-12+/t26-,27+,28+,29-,30+,31+,33-,34-,35-,36+/m1/s1. The quantitative estimate of drug-likeness (QED) is 0.178. The highest BCUT2D eigenvalue weighted by atomic mass is 16.6. The van der Waals surface area contributed by atoms with Crippen molar-refractivity contribution in [1.82, 2.24) is 0 Å². The van der Waals surface area contributed by atoms with E-state index in [2.05, 4.69) is 40.7 Å². The van der Waals surface area contributed by atoms with Crippen LogP contribution in [0.15, 0.2) is 11.6 Å². The first kappa shape index (κ1) is 34.0. The highest BCUT2D eigenvalue weighted by Gasteiger charge is 2.72. The minimum atomic E-state index is -0.801. The molecule has 4 saturated carbocycles. The van der Waals surface area contributed by atoms with Crippen molar-refractivity contribution in [2.75, 3.05) is 6.61 Å². The van der Waals surface area contributed by atoms with Crippen molar-refractivity contribution in [1.29, 1.82) is 0 Å². The second-order valence-corrected chi connectivity index (χ2v) is 16.2. The molecule has 7 nitrogen and oxygen atoms in total. The topological polar surface area (TPSA) is 99.1 Å². The van der Waals surface area contributed by atoms with E-state index in [9.17, 15) is 19.5 Å². The summed E-state index contributed by atoms with van der Waals surface area (Å²) in [7, 11) is 0. The Morgan fingerprint density at radius 2 is 1.51 bits per heavy atom. The van der Waals surface area contributed by atoms with Gasteiger partial charge < -0.3 is 19.3 Å². The molecule has 4 aliphatic carbocycles. The van der Waals surface area contributed by atoms with Gasteiger partial charge in [-0.05, 0) is 111 Å². The summed E-state index contributed by atoms with van der Waals surface area (Å²) in [6, 6.07) is 0. The van der Waals surface area contributed by atoms with Crippen molar-refractivity contribution in [2.24, 2.45) is 45.3 Å². The van der Waals surface area contributed by atoms with Crippen molar-refractivity contribution >= 4 is 17.9 Å². The molecule has 244 valence electrons. The highest BCUT2D eigenvalue weighted by molar-refractivity contribution is 5.67. The van der Waals surface area contributed by atoms with Gasteiger partial charge in [-0.3, -0.25) is 14.4 Å². The second kappa shape index (κ2) is 11.8. The molecule has 0 aliphatic heterocycles. The number of aliphatic hydroxyl groups is 1. The minimum Gasteiger partial charge on any atom is -0.462 e. The zero-order valence-corrected chi connectivity index (χ0v) is 28.5. The Labute approximate surface area is 259 Å². The maximum Gasteiger partial charge on any atom is 0.302 e. The molecule has 0 aromatic rings. The Hall–Kier alpha value is -1.89. The molecule has 10 atom stereocenters. The molecule has 0 amide bonds. The number of esters is 3. The molecule has 4 rings (SSSR count). The van der Waals surface area contributed by atoms with E-state index in [1.807, 2.05) is 13.8 Å². The minimum absolute atomic E-state index is 0.00884. The van der Waals surface area contributed by atoms with Crippen molar-refractivity contribution in [2.45, 2.75) is 145 Å². The number of ether oxygens (including phenoxy) is 3. The SMILES string of the molecule is CC(=O)OC/C(C)=C/CC[C@](C)(O)[C@H]1CC[C@]2(C)[C@@H]1CC[C@@H]1[C@@]3(C)CC[C@H](OC(C)=O)C(C)(C)[C@@H]3[C@@H](OC(C)=O)C[C@]12C. The average Bonchev–Trinajstić information content (AvgIpc) is 3.23. The Balaban J connectivity index is 1.62. The molecule has 1 N–H and O–H groups in total. The first-order valence-corrected chi connectivity index (χ1v) is 16.7. The molecule has 0 aromatic carbocycles. The third-order valence-corrected chi connectivity index (χ3v) is 13.3. The van der Waals surface area contributed by atoms with Gasteiger partial charge in [-0.1, -0.05) is 40.7 Å². The largest absolute Gasteiger partial charge is 0.462 e. The van der Waals surface area contributed by atoms with E-state index < -0.39 is 5.60 Å². The number of fused-ring (bicyclic) bond motifs is 5. The van der Waals surface area contributed by atoms with E-state index >= 15 is 0 Å². The van der Waals surface area contributed by atoms with Gasteiger partial charge in [0.2, 0.25) is 0 Å². The van der Waals surface area contributed by atoms with E-state index in [0.717, 1.165) is 56.9 Å². The summed E-state index contributed by atoms with van der Waals surface area (Å²) in [6.45, 7) is 20.5. The molecule has 7 heteroatoms. The zero-order chi connectivity index (χ0) is 32.2. The number of allylic oxidation sites excluding steroid dienone is 1. The van der Waals surface area contributed by atoms with E-state index in [4.69, 9.17) is 14.2 Å². The van der Waals surface area contributed by atoms with Gasteiger partial charge in [-0.2, -0.15) is 0 Å². The summed E-state index contributed by atoms with van der Waals surface area (Å²) in [5, 5.41) is 11.9. The monoisotopic (exact) mass is 602 g/mol. The first-order chi connectivity index (χ1) is 19.8. The summed E-state index contributed by atoms with van der Waals surface area (Å²) < 4.78 is 17.3. The molecule has 4 aliphatic rings. The van der Waals surface area contributed by atoms with Gasteiger partial charge in [0.15, 0.2) is 0 Å². The fourth-order valence-electron chi connectivity index (χ4n) is 11.4. The van der Waals surface area contributed by atoms with Crippen molar-refractivity contribution < 1.29 is 33.7 Å². The van der Waals surface area contributed by atoms with Gasteiger partial charge in [-0.15, -0.1) is 0 Å². The number of rotatable bonds is 8. The van der Waals surface area contributed by atoms with Crippen LogP contribution < -0.4 is 0 Å². The van der Waals surface area contributed by atoms with Crippen molar-refractivity contribution in [3.8, 4) is 0 Å². The summed E-state index contributed by atoms with van der Waals surface area (Å²) in [5.41, 5.74) is -0.244. The molecular formula is C36H58O7. The van der Waals surface area contributed by atoms with Gasteiger partial charge in [0.1, 0.15) is 18.8 Å². The maximum atomic E-state index is 12.6. The molecule has 0 bridgehead atoms. The van der Waals surface area contributed by atoms with Crippen LogP contribution in [0.2, 0.25) is 0 Å². The van der Waals surface area contributed by atoms with Crippen LogP contribution in [-0.2, 0) is 28.6 Å². The van der Waals surface area contributed by atoms with Crippen molar-refractivity contribution in [3.05, 3.63) is 11.6 Å². The fraction of sp³-hybridized carbons (Fsp3) is 0.861. The molecule has 43 heavy (non-hydrogen) atoms. The normalized spacial score (nSPS) is 41.6. The van der Waals surface area contributed by atoms with Gasteiger partial charge in [0, 0.05) is 32.1 Å². The van der Waals surface area contributed by atoms with Gasteiger partial charge in [-0.25, -0.2) is 0 Å². The third kappa shape index (κ3) is 5.93. The van der Waals surface area contributed by atoms with Crippen LogP contribution in [0.5, 0.6) is 0 Å². The van der Waals surface area contributed by atoms with Crippen LogP contribution in [0, 0.1) is 45.3 Å². The number of carbonyl (C=O) groups excluding carboxylic acids is 3. The Bertz CT molecular complexity index is 1120. The Morgan fingerprint density at radius 1 is 0.860 bits per heavy atom. The van der Waals surface area contributed by atoms with E-state index in [0.29, 0.717) is 24.9 Å². The number of carbonyl (C=O) groups is 3. The lowest BCUT2D eigenvalue weighted by molar-refractivity contribution is -0.265. The zero-order valence-electron chi connectivity index (χ0n) is 28.5. The smallest absolute Gasteiger partial charge is 0.302 e. The van der Waals surface area contributed by atoms with Gasteiger partial charge in [0.05, 0.1) is 5.60 Å². The molecule has 0 saturated heterocycles. The number of hydrogen-bond acceptors (Lipinski definition) is 7. The van der Waals surface area contributed by atoms with Gasteiger partial charge >= 0.3 is 17.9 Å². The lowest BCUT2D eigenvalue weighted by Crippen LogP contribution is -2.68. The molecule has 0 radical (unpaired) electrons. The summed E-state index contributed by atoms with van der Waals surface area (Å²) in [6.07, 6.45) is 9.84. The summed E-state index contributed by atoms with van der Waals surface area (Å²) in [4.78, 5) is 35.8. The lowest BCUT2D eigenvalue weighted by atomic mass is 9.34. The van der Waals surface area contributed by atoms with E-state index in [1.165, 1.54) is 20.8 Å². The van der Waals surface area contributed by atoms with Crippen LogP contribution >= 0.6 is 0 Å². The molecule has 0 aromatic heterocycles. The molecule has 4 fully saturated rings. The molecule has 0 spiro atoms. The van der Waals surface area contributed by atoms with E-state index in [1.54, 1.807) is 0 Å². The number of hydrogen-bond donors (Lipinski definition) is 1. The van der Waals surface area contributed by atoms with Crippen LogP contribution in [0.25, 0.3) is 0 Å². The molecule has 0 heterocycles. The average molecular weight is 603 g/mol. The van der Waals surface area contributed by atoms with Crippen LogP contribution in [0.1, 0.15) is 127 Å². The summed E-state index contributed by atoms with van der Waals surface area (Å²) in [5.74, 6) is 0.340. The Morgan fingerprint density at radius 3 is 2.12 bits per heavy atom. The van der Waals surface area contributed by atoms with Crippen LogP contribution in [0.3, 0.4) is 0 Å². The fourth-order valence-corrected chi connectivity index (χ4v) is 11.4. The molecule has 0 unspecified atom stereocenters. The first-order valence-electron chi connectivity index (χ1n) is 16.7. The molecular weight excluding hydrogens is 544 g/mol.